The molecule has 0 aliphatic rings. The zero-order valence-electron chi connectivity index (χ0n) is 9.77. The van der Waals surface area contributed by atoms with E-state index in [-0.39, 0.29) is 12.5 Å². The maximum absolute atomic E-state index is 10.5. The number of hydrogen-bond acceptors (Lipinski definition) is 3. The van der Waals surface area contributed by atoms with E-state index < -0.39 is 11.0 Å². The fourth-order valence-electron chi connectivity index (χ4n) is 1.47. The molecule has 0 aliphatic carbocycles. The average Bonchev–Trinajstić information content (AvgIpc) is 2.13. The van der Waals surface area contributed by atoms with Gasteiger partial charge in [0.15, 0.2) is 0 Å². The highest BCUT2D eigenvalue weighted by Gasteiger charge is 2.21. The topological polar surface area (TPSA) is 63.4 Å². The number of nitro groups is 1. The predicted octanol–water partition coefficient (Wildman–Crippen LogP) is 2.40. The summed E-state index contributed by atoms with van der Waals surface area (Å²) in [6.07, 6.45) is 4.49. The van der Waals surface area contributed by atoms with E-state index in [1.165, 1.54) is 5.57 Å². The van der Waals surface area contributed by atoms with Crippen LogP contribution in [0.1, 0.15) is 40.0 Å². The van der Waals surface area contributed by atoms with Gasteiger partial charge in [-0.3, -0.25) is 10.1 Å². The third kappa shape index (κ3) is 7.08. The molecule has 0 amide bonds. The largest absolute Gasteiger partial charge is 0.389 e. The van der Waals surface area contributed by atoms with Crippen LogP contribution in [-0.4, -0.2) is 22.7 Å². The van der Waals surface area contributed by atoms with E-state index in [4.69, 9.17) is 5.11 Å². The Balaban J connectivity index is 3.86. The Labute approximate surface area is 91.1 Å². The lowest BCUT2D eigenvalue weighted by molar-refractivity contribution is -0.527. The molecule has 0 heterocycles. The van der Waals surface area contributed by atoms with Crippen LogP contribution in [0.15, 0.2) is 11.6 Å². The summed E-state index contributed by atoms with van der Waals surface area (Å²) in [7, 11) is 0. The van der Waals surface area contributed by atoms with Crippen molar-refractivity contribution < 1.29 is 10.0 Å². The molecule has 0 saturated carbocycles. The first-order valence-corrected chi connectivity index (χ1v) is 5.35. The van der Waals surface area contributed by atoms with Crippen molar-refractivity contribution in [3.8, 4) is 0 Å². The Morgan fingerprint density at radius 2 is 2.13 bits per heavy atom. The zero-order chi connectivity index (χ0) is 11.8. The Bertz CT molecular complexity index is 222. The molecule has 0 spiro atoms. The normalized spacial score (nSPS) is 14.4. The summed E-state index contributed by atoms with van der Waals surface area (Å²) >= 11 is 0. The number of rotatable bonds is 7. The highest BCUT2D eigenvalue weighted by Crippen LogP contribution is 2.15. The van der Waals surface area contributed by atoms with Crippen LogP contribution in [-0.2, 0) is 0 Å². The van der Waals surface area contributed by atoms with E-state index >= 15 is 0 Å². The van der Waals surface area contributed by atoms with Gasteiger partial charge in [-0.25, -0.2) is 0 Å². The molecule has 0 aromatic heterocycles. The van der Waals surface area contributed by atoms with E-state index in [1.54, 1.807) is 0 Å². The molecule has 1 N–H and O–H groups in total. The molecule has 2 unspecified atom stereocenters. The minimum atomic E-state index is -0.799. The highest BCUT2D eigenvalue weighted by molar-refractivity contribution is 4.92. The van der Waals surface area contributed by atoms with Gasteiger partial charge in [0.1, 0.15) is 6.61 Å². The lowest BCUT2D eigenvalue weighted by atomic mass is 9.97. The Morgan fingerprint density at radius 3 is 2.53 bits per heavy atom. The first-order chi connectivity index (χ1) is 6.97. The van der Waals surface area contributed by atoms with Gasteiger partial charge in [0.25, 0.3) is 0 Å². The van der Waals surface area contributed by atoms with Gasteiger partial charge in [0.2, 0.25) is 6.04 Å². The van der Waals surface area contributed by atoms with Crippen LogP contribution in [0.5, 0.6) is 0 Å². The number of nitrogens with zero attached hydrogens (tertiary/aromatic N) is 1. The van der Waals surface area contributed by atoms with Crippen LogP contribution in [0.25, 0.3) is 0 Å². The summed E-state index contributed by atoms with van der Waals surface area (Å²) in [5.74, 6) is 0.281. The summed E-state index contributed by atoms with van der Waals surface area (Å²) < 4.78 is 0. The summed E-state index contributed by atoms with van der Waals surface area (Å²) in [6, 6.07) is -0.799. The number of aliphatic hydroxyl groups excluding tert-OH is 1. The van der Waals surface area contributed by atoms with E-state index in [2.05, 4.69) is 6.08 Å². The molecule has 0 aromatic rings. The molecule has 0 saturated heterocycles. The van der Waals surface area contributed by atoms with Gasteiger partial charge in [-0.2, -0.15) is 0 Å². The molecule has 4 nitrogen and oxygen atoms in total. The van der Waals surface area contributed by atoms with Crippen LogP contribution in [0.4, 0.5) is 0 Å². The predicted molar refractivity (Wildman–Crippen MR) is 60.3 cm³/mol. The summed E-state index contributed by atoms with van der Waals surface area (Å²) in [5.41, 5.74) is 1.27. The average molecular weight is 215 g/mol. The van der Waals surface area contributed by atoms with Crippen molar-refractivity contribution in [1.29, 1.82) is 0 Å². The van der Waals surface area contributed by atoms with E-state index in [1.807, 2.05) is 20.8 Å². The molecule has 2 atom stereocenters. The van der Waals surface area contributed by atoms with E-state index in [0.717, 1.165) is 12.8 Å². The molecular formula is C11H21NO3. The van der Waals surface area contributed by atoms with Crippen LogP contribution in [0, 0.1) is 16.0 Å². The van der Waals surface area contributed by atoms with Crippen LogP contribution in [0.2, 0.25) is 0 Å². The Hall–Kier alpha value is -0.900. The molecule has 0 aromatic carbocycles. The monoisotopic (exact) mass is 215 g/mol. The third-order valence-corrected chi connectivity index (χ3v) is 2.40. The number of aliphatic hydroxyl groups is 1. The van der Waals surface area contributed by atoms with Crippen molar-refractivity contribution >= 4 is 0 Å². The van der Waals surface area contributed by atoms with Crippen molar-refractivity contribution in [3.05, 3.63) is 21.8 Å². The molecule has 4 heteroatoms. The molecule has 88 valence electrons. The minimum Gasteiger partial charge on any atom is -0.389 e. The van der Waals surface area contributed by atoms with Gasteiger partial charge in [0.05, 0.1) is 0 Å². The van der Waals surface area contributed by atoms with Crippen molar-refractivity contribution in [2.24, 2.45) is 5.92 Å². The zero-order valence-corrected chi connectivity index (χ0v) is 9.77. The summed E-state index contributed by atoms with van der Waals surface area (Å²) in [6.45, 7) is 5.71. The number of hydrogen-bond donors (Lipinski definition) is 1. The Morgan fingerprint density at radius 1 is 1.53 bits per heavy atom. The molecule has 15 heavy (non-hydrogen) atoms. The van der Waals surface area contributed by atoms with Gasteiger partial charge < -0.3 is 5.11 Å². The molecule has 0 aliphatic heterocycles. The lowest BCUT2D eigenvalue weighted by Gasteiger charge is -2.12. The molecule has 0 fully saturated rings. The van der Waals surface area contributed by atoms with E-state index in [9.17, 15) is 10.1 Å². The fraction of sp³-hybridized carbons (Fsp3) is 0.818. The van der Waals surface area contributed by atoms with Crippen molar-refractivity contribution in [3.63, 3.8) is 0 Å². The van der Waals surface area contributed by atoms with Crippen molar-refractivity contribution in [2.75, 3.05) is 6.61 Å². The minimum absolute atomic E-state index is 0.281. The molecule has 0 radical (unpaired) electrons. The van der Waals surface area contributed by atoms with Crippen LogP contribution in [0.3, 0.4) is 0 Å². The van der Waals surface area contributed by atoms with Crippen LogP contribution < -0.4 is 0 Å². The van der Waals surface area contributed by atoms with Gasteiger partial charge in [-0.05, 0) is 32.6 Å². The van der Waals surface area contributed by atoms with Gasteiger partial charge in [-0.1, -0.05) is 18.6 Å². The quantitative estimate of drug-likeness (QED) is 0.403. The fourth-order valence-corrected chi connectivity index (χ4v) is 1.47. The second-order valence-electron chi connectivity index (χ2n) is 4.32. The van der Waals surface area contributed by atoms with Gasteiger partial charge in [0, 0.05) is 11.3 Å². The van der Waals surface area contributed by atoms with Crippen LogP contribution >= 0.6 is 0 Å². The first kappa shape index (κ1) is 14.1. The number of allylic oxidation sites excluding steroid dienone is 2. The second kappa shape index (κ2) is 7.40. The maximum Gasteiger partial charge on any atom is 0.236 e. The lowest BCUT2D eigenvalue weighted by Crippen LogP contribution is -2.26. The van der Waals surface area contributed by atoms with Gasteiger partial charge in [-0.15, -0.1) is 0 Å². The van der Waals surface area contributed by atoms with Crippen molar-refractivity contribution in [2.45, 2.75) is 46.1 Å². The van der Waals surface area contributed by atoms with E-state index in [0.29, 0.717) is 6.42 Å². The summed E-state index contributed by atoms with van der Waals surface area (Å²) in [4.78, 5) is 10.1. The first-order valence-electron chi connectivity index (χ1n) is 5.35. The second-order valence-corrected chi connectivity index (χ2v) is 4.32. The summed E-state index contributed by atoms with van der Waals surface area (Å²) in [5, 5.41) is 19.3. The molecule has 0 rings (SSSR count). The third-order valence-electron chi connectivity index (χ3n) is 2.40. The standard InChI is InChI=1S/C11H21NO3/c1-9(2)5-4-6-10(3)7-11(8-13)12(14)15/h5,10-11,13H,4,6-8H2,1-3H3. The maximum atomic E-state index is 10.5. The van der Waals surface area contributed by atoms with Gasteiger partial charge >= 0.3 is 0 Å². The SMILES string of the molecule is CC(C)=CCCC(C)CC(CO)[N+](=O)[O-]. The highest BCUT2D eigenvalue weighted by atomic mass is 16.6. The Kier molecular flexibility index (Phi) is 6.96. The molecular weight excluding hydrogens is 194 g/mol. The molecule has 0 bridgehead atoms. The van der Waals surface area contributed by atoms with Crippen molar-refractivity contribution in [1.82, 2.24) is 0 Å². The smallest absolute Gasteiger partial charge is 0.236 e.